The maximum atomic E-state index is 13.6. The second kappa shape index (κ2) is 11.4. The lowest BCUT2D eigenvalue weighted by molar-refractivity contribution is -0.143. The van der Waals surface area contributed by atoms with E-state index in [1.807, 2.05) is 37.3 Å². The molecule has 3 N–H and O–H groups in total. The Labute approximate surface area is 213 Å². The molecular weight excluding hydrogens is 486 g/mol. The summed E-state index contributed by atoms with van der Waals surface area (Å²) in [5, 5.41) is 12.1. The summed E-state index contributed by atoms with van der Waals surface area (Å²) in [6, 6.07) is 9.38. The number of carbonyl (C=O) groups excluding carboxylic acids is 2. The molecule has 9 nitrogen and oxygen atoms in total. The Morgan fingerprint density at radius 3 is 2.20 bits per heavy atom. The van der Waals surface area contributed by atoms with Crippen molar-refractivity contribution in [1.82, 2.24) is 20.4 Å². The standard InChI is InChI=1S/C24H39N5O4S2/c1-8-25-16-17-35(32,33)26-15-14-24(18-12-10-9-11-13-18)29(20(31)23(5,6)7)28-21(34-24)27-19(30)22(2,3)4/h9-13,25-26H,8,14-17H2,1-7H3,(H,27,28,30). The highest BCUT2D eigenvalue weighted by atomic mass is 32.2. The quantitative estimate of drug-likeness (QED) is 0.427. The van der Waals surface area contributed by atoms with E-state index in [0.29, 0.717) is 18.3 Å². The van der Waals surface area contributed by atoms with E-state index in [1.165, 1.54) is 16.8 Å². The molecular formula is C24H39N5O4S2. The number of sulfonamides is 1. The van der Waals surface area contributed by atoms with Gasteiger partial charge >= 0.3 is 0 Å². The number of amidine groups is 1. The Morgan fingerprint density at radius 2 is 1.66 bits per heavy atom. The van der Waals surface area contributed by atoms with Crippen LogP contribution in [-0.2, 0) is 24.5 Å². The zero-order valence-corrected chi connectivity index (χ0v) is 23.4. The normalized spacial score (nSPS) is 18.9. The van der Waals surface area contributed by atoms with Gasteiger partial charge in [-0.25, -0.2) is 18.1 Å². The summed E-state index contributed by atoms with van der Waals surface area (Å²) < 4.78 is 27.6. The van der Waals surface area contributed by atoms with Crippen molar-refractivity contribution in [3.05, 3.63) is 35.9 Å². The largest absolute Gasteiger partial charge is 0.316 e. The SMILES string of the molecule is CCNCCS(=O)(=O)NCCC1(c2ccccc2)SC(NC(=O)C(C)(C)C)=NN1C(=O)C(C)(C)C. The van der Waals surface area contributed by atoms with Crippen molar-refractivity contribution in [3.63, 3.8) is 0 Å². The van der Waals surface area contributed by atoms with Crippen molar-refractivity contribution in [1.29, 1.82) is 0 Å². The van der Waals surface area contributed by atoms with Crippen LogP contribution < -0.4 is 15.4 Å². The van der Waals surface area contributed by atoms with E-state index in [2.05, 4.69) is 20.5 Å². The predicted octanol–water partition coefficient (Wildman–Crippen LogP) is 2.81. The van der Waals surface area contributed by atoms with Crippen LogP contribution in [0.2, 0.25) is 0 Å². The van der Waals surface area contributed by atoms with Gasteiger partial charge in [-0.05, 0) is 12.1 Å². The molecule has 0 spiro atoms. The van der Waals surface area contributed by atoms with Crippen LogP contribution in [0.15, 0.2) is 35.4 Å². The molecule has 0 saturated heterocycles. The third-order valence-electron chi connectivity index (χ3n) is 5.34. The third-order valence-corrected chi connectivity index (χ3v) is 8.06. The lowest BCUT2D eigenvalue weighted by atomic mass is 9.93. The van der Waals surface area contributed by atoms with Gasteiger partial charge in [0.25, 0.3) is 0 Å². The van der Waals surface area contributed by atoms with Crippen LogP contribution in [-0.4, -0.2) is 55.8 Å². The number of nitrogens with one attached hydrogen (secondary N) is 3. The van der Waals surface area contributed by atoms with E-state index in [0.717, 1.165) is 5.56 Å². The predicted molar refractivity (Wildman–Crippen MR) is 142 cm³/mol. The summed E-state index contributed by atoms with van der Waals surface area (Å²) in [6.07, 6.45) is 0.252. The Hall–Kier alpha value is -1.95. The molecule has 1 aliphatic heterocycles. The topological polar surface area (TPSA) is 120 Å². The van der Waals surface area contributed by atoms with Crippen LogP contribution in [0.25, 0.3) is 0 Å². The second-order valence-electron chi connectivity index (χ2n) is 10.5. The van der Waals surface area contributed by atoms with E-state index in [9.17, 15) is 18.0 Å². The average molecular weight is 526 g/mol. The van der Waals surface area contributed by atoms with Crippen LogP contribution >= 0.6 is 11.8 Å². The zero-order valence-electron chi connectivity index (χ0n) is 21.8. The maximum Gasteiger partial charge on any atom is 0.249 e. The summed E-state index contributed by atoms with van der Waals surface area (Å²) in [5.74, 6) is -0.496. The number of nitrogens with zero attached hydrogens (tertiary/aromatic N) is 2. The number of benzene rings is 1. The van der Waals surface area contributed by atoms with Crippen LogP contribution in [0.5, 0.6) is 0 Å². The Kier molecular flexibility index (Phi) is 9.54. The van der Waals surface area contributed by atoms with Gasteiger partial charge in [0.2, 0.25) is 21.8 Å². The van der Waals surface area contributed by atoms with Gasteiger partial charge in [-0.3, -0.25) is 9.59 Å². The highest BCUT2D eigenvalue weighted by molar-refractivity contribution is 8.14. The number of amides is 2. The molecule has 2 amide bonds. The highest BCUT2D eigenvalue weighted by Crippen LogP contribution is 2.49. The van der Waals surface area contributed by atoms with Gasteiger partial charge in [-0.15, -0.1) is 5.10 Å². The monoisotopic (exact) mass is 525 g/mol. The van der Waals surface area contributed by atoms with E-state index in [1.54, 1.807) is 41.5 Å². The summed E-state index contributed by atoms with van der Waals surface area (Å²) in [7, 11) is -3.50. The molecule has 1 aromatic rings. The van der Waals surface area contributed by atoms with E-state index >= 15 is 0 Å². The molecule has 0 radical (unpaired) electrons. The smallest absolute Gasteiger partial charge is 0.249 e. The number of hydrogen-bond donors (Lipinski definition) is 3. The molecule has 196 valence electrons. The third kappa shape index (κ3) is 7.77. The van der Waals surface area contributed by atoms with Gasteiger partial charge in [-0.1, -0.05) is 90.6 Å². The fourth-order valence-corrected chi connectivity index (χ4v) is 5.49. The zero-order chi connectivity index (χ0) is 26.5. The summed E-state index contributed by atoms with van der Waals surface area (Å²) in [4.78, 5) is 25.2. The minimum Gasteiger partial charge on any atom is -0.316 e. The van der Waals surface area contributed by atoms with Gasteiger partial charge in [0.1, 0.15) is 4.87 Å². The van der Waals surface area contributed by atoms with Crippen molar-refractivity contribution >= 4 is 38.8 Å². The Bertz CT molecular complexity index is 1030. The minimum atomic E-state index is -3.50. The maximum absolute atomic E-state index is 13.6. The fraction of sp³-hybridized carbons (Fsp3) is 0.625. The van der Waals surface area contributed by atoms with Crippen LogP contribution in [0.1, 0.15) is 60.5 Å². The first kappa shape index (κ1) is 29.3. The van der Waals surface area contributed by atoms with Crippen molar-refractivity contribution in [2.75, 3.05) is 25.4 Å². The van der Waals surface area contributed by atoms with Gasteiger partial charge < -0.3 is 10.6 Å². The fourth-order valence-electron chi connectivity index (χ4n) is 3.27. The number of thioether (sulfide) groups is 1. The number of carbonyl (C=O) groups is 2. The van der Waals surface area contributed by atoms with Crippen molar-refractivity contribution in [3.8, 4) is 0 Å². The molecule has 1 unspecified atom stereocenters. The Morgan fingerprint density at radius 1 is 1.03 bits per heavy atom. The van der Waals surface area contributed by atoms with Gasteiger partial charge in [-0.2, -0.15) is 0 Å². The molecule has 0 fully saturated rings. The number of hydrazone groups is 1. The lowest BCUT2D eigenvalue weighted by Gasteiger charge is -2.38. The molecule has 11 heteroatoms. The van der Waals surface area contributed by atoms with E-state index in [-0.39, 0.29) is 30.5 Å². The lowest BCUT2D eigenvalue weighted by Crippen LogP contribution is -2.48. The molecule has 0 bridgehead atoms. The first-order valence-corrected chi connectivity index (χ1v) is 14.3. The van der Waals surface area contributed by atoms with Crippen molar-refractivity contribution < 1.29 is 18.0 Å². The second-order valence-corrected chi connectivity index (χ2v) is 13.7. The number of hydrogen-bond acceptors (Lipinski definition) is 7. The van der Waals surface area contributed by atoms with Gasteiger partial charge in [0.15, 0.2) is 5.17 Å². The molecule has 0 aliphatic carbocycles. The van der Waals surface area contributed by atoms with E-state index in [4.69, 9.17) is 0 Å². The number of rotatable bonds is 9. The van der Waals surface area contributed by atoms with E-state index < -0.39 is 25.7 Å². The molecule has 35 heavy (non-hydrogen) atoms. The molecule has 1 aliphatic rings. The molecule has 2 rings (SSSR count). The highest BCUT2D eigenvalue weighted by Gasteiger charge is 2.51. The van der Waals surface area contributed by atoms with Gasteiger partial charge in [0, 0.05) is 30.3 Å². The van der Waals surface area contributed by atoms with Crippen molar-refractivity contribution in [2.24, 2.45) is 15.9 Å². The Balaban J connectivity index is 2.42. The first-order chi connectivity index (χ1) is 16.1. The van der Waals surface area contributed by atoms with Crippen LogP contribution in [0.3, 0.4) is 0 Å². The van der Waals surface area contributed by atoms with Crippen LogP contribution in [0.4, 0.5) is 0 Å². The summed E-state index contributed by atoms with van der Waals surface area (Å²) in [6.45, 7) is 13.9. The molecule has 1 atom stereocenters. The molecule has 1 heterocycles. The summed E-state index contributed by atoms with van der Waals surface area (Å²) in [5.41, 5.74) is -0.612. The minimum absolute atomic E-state index is 0.0413. The van der Waals surface area contributed by atoms with Crippen molar-refractivity contribution in [2.45, 2.75) is 59.8 Å². The first-order valence-electron chi connectivity index (χ1n) is 11.8. The van der Waals surface area contributed by atoms with Gasteiger partial charge in [0.05, 0.1) is 5.75 Å². The average Bonchev–Trinajstić information content (AvgIpc) is 3.11. The molecule has 0 saturated carbocycles. The van der Waals surface area contributed by atoms with Crippen LogP contribution in [0, 0.1) is 10.8 Å². The molecule has 0 aromatic heterocycles. The summed E-state index contributed by atoms with van der Waals surface area (Å²) >= 11 is 1.26. The molecule has 1 aromatic carbocycles.